The summed E-state index contributed by atoms with van der Waals surface area (Å²) in [5, 5.41) is 4.74. The summed E-state index contributed by atoms with van der Waals surface area (Å²) in [4.78, 5) is 20.5. The summed E-state index contributed by atoms with van der Waals surface area (Å²) in [5.41, 5.74) is 13.7. The van der Waals surface area contributed by atoms with Gasteiger partial charge >= 0.3 is 0 Å². The lowest BCUT2D eigenvalue weighted by molar-refractivity contribution is 0.620. The van der Waals surface area contributed by atoms with Gasteiger partial charge in [-0.1, -0.05) is 158 Å². The predicted octanol–water partition coefficient (Wildman–Crippen LogP) is 14.5. The van der Waals surface area contributed by atoms with Crippen LogP contribution in [0, 0.1) is 0 Å². The van der Waals surface area contributed by atoms with Gasteiger partial charge in [0.05, 0.1) is 22.1 Å². The zero-order valence-corrected chi connectivity index (χ0v) is 34.9. The van der Waals surface area contributed by atoms with E-state index in [4.69, 9.17) is 24.4 Å². The molecule has 0 fully saturated rings. The van der Waals surface area contributed by atoms with Crippen molar-refractivity contribution < 1.29 is 4.42 Å². The van der Waals surface area contributed by atoms with Crippen LogP contribution in [0.15, 0.2) is 223 Å². The minimum atomic E-state index is 0.513. The molecule has 0 atom stereocenters. The Balaban J connectivity index is 1.03. The molecule has 4 aromatic heterocycles. The lowest BCUT2D eigenvalue weighted by atomic mass is 10.1. The van der Waals surface area contributed by atoms with Crippen molar-refractivity contribution >= 4 is 54.7 Å². The van der Waals surface area contributed by atoms with Gasteiger partial charge in [-0.2, -0.15) is 0 Å². The van der Waals surface area contributed by atoms with Crippen LogP contribution >= 0.6 is 0 Å². The van der Waals surface area contributed by atoms with Gasteiger partial charge in [0.15, 0.2) is 23.1 Å². The number of hydrogen-bond acceptors (Lipinski definition) is 5. The van der Waals surface area contributed by atoms with E-state index in [1.807, 2.05) is 78.9 Å². The fourth-order valence-electron chi connectivity index (χ4n) is 9.43. The Hall–Kier alpha value is -8.94. The highest BCUT2D eigenvalue weighted by molar-refractivity contribution is 6.23. The Morgan fingerprint density at radius 2 is 0.831 bits per heavy atom. The molecule has 4 heterocycles. The summed E-state index contributed by atoms with van der Waals surface area (Å²) in [6, 6.07) is 75.9. The molecule has 0 aliphatic rings. The predicted molar refractivity (Wildman–Crippen MR) is 263 cm³/mol. The standard InChI is InChI=1S/C58H36N6O/c1-4-16-37(17-5-1)38-30-32-42(33-31-38)63-49-27-12-10-24-44(49)46-34-35-47-45-25-11-13-28-50(45)64(54(47)53(46)63)43-23-14-22-41(36-43)56-60-55(39-18-6-2-7-19-39)61-57(62-56)48-26-15-29-51-52(48)59-58(65-51)40-20-8-3-9-21-40/h1-36H. The molecule has 9 aromatic carbocycles. The van der Waals surface area contributed by atoms with Crippen LogP contribution in [0.2, 0.25) is 0 Å². The topological polar surface area (TPSA) is 74.6 Å². The smallest absolute Gasteiger partial charge is 0.227 e. The monoisotopic (exact) mass is 832 g/mol. The highest BCUT2D eigenvalue weighted by atomic mass is 16.3. The zero-order chi connectivity index (χ0) is 42.8. The number of hydrogen-bond donors (Lipinski definition) is 0. The Bertz CT molecular complexity index is 3930. The molecule has 65 heavy (non-hydrogen) atoms. The summed E-state index contributed by atoms with van der Waals surface area (Å²) >= 11 is 0. The first-order valence-corrected chi connectivity index (χ1v) is 21.7. The second-order valence-electron chi connectivity index (χ2n) is 16.2. The fourth-order valence-corrected chi connectivity index (χ4v) is 9.43. The summed E-state index contributed by atoms with van der Waals surface area (Å²) in [6.45, 7) is 0. The van der Waals surface area contributed by atoms with Crippen LogP contribution in [-0.2, 0) is 0 Å². The van der Waals surface area contributed by atoms with Crippen molar-refractivity contribution in [1.82, 2.24) is 29.1 Å². The van der Waals surface area contributed by atoms with Gasteiger partial charge in [-0.05, 0) is 71.8 Å². The van der Waals surface area contributed by atoms with Crippen molar-refractivity contribution in [2.45, 2.75) is 0 Å². The fraction of sp³-hybridized carbons (Fsp3) is 0. The van der Waals surface area contributed by atoms with Gasteiger partial charge in [-0.15, -0.1) is 0 Å². The first kappa shape index (κ1) is 36.7. The third-order valence-electron chi connectivity index (χ3n) is 12.4. The second kappa shape index (κ2) is 14.9. The van der Waals surface area contributed by atoms with E-state index in [-0.39, 0.29) is 0 Å². The average molecular weight is 833 g/mol. The Morgan fingerprint density at radius 1 is 0.323 bits per heavy atom. The maximum atomic E-state index is 6.30. The number of benzene rings is 9. The van der Waals surface area contributed by atoms with Crippen LogP contribution in [0.3, 0.4) is 0 Å². The third-order valence-corrected chi connectivity index (χ3v) is 12.4. The van der Waals surface area contributed by atoms with Crippen LogP contribution in [0.1, 0.15) is 0 Å². The van der Waals surface area contributed by atoms with Crippen LogP contribution < -0.4 is 0 Å². The summed E-state index contributed by atoms with van der Waals surface area (Å²) < 4.78 is 11.1. The Labute approximate surface area is 373 Å². The minimum absolute atomic E-state index is 0.513. The molecule has 0 unspecified atom stereocenters. The van der Waals surface area contributed by atoms with E-state index in [1.54, 1.807) is 0 Å². The highest BCUT2D eigenvalue weighted by Crippen LogP contribution is 2.42. The largest absolute Gasteiger partial charge is 0.436 e. The van der Waals surface area contributed by atoms with Crippen molar-refractivity contribution in [1.29, 1.82) is 0 Å². The molecule has 304 valence electrons. The maximum absolute atomic E-state index is 6.30. The summed E-state index contributed by atoms with van der Waals surface area (Å²) in [7, 11) is 0. The van der Waals surface area contributed by atoms with Crippen LogP contribution in [-0.4, -0.2) is 29.1 Å². The van der Waals surface area contributed by atoms with Crippen LogP contribution in [0.25, 0.3) is 123 Å². The van der Waals surface area contributed by atoms with Crippen molar-refractivity contribution in [2.75, 3.05) is 0 Å². The van der Waals surface area contributed by atoms with Crippen molar-refractivity contribution in [3.05, 3.63) is 218 Å². The molecule has 0 aliphatic heterocycles. The molecule has 0 saturated carbocycles. The SMILES string of the molecule is c1ccc(-c2ccc(-n3c4ccccc4c4ccc5c6ccccc6n(-c6cccc(-c7nc(-c8ccccc8)nc(-c8cccc9oc(-c%10ccccc%10)nc89)n7)c6)c5c43)cc2)cc1. The van der Waals surface area contributed by atoms with E-state index in [2.05, 4.69) is 149 Å². The molecule has 0 amide bonds. The Kier molecular flexibility index (Phi) is 8.39. The molecular formula is C58H36N6O. The van der Waals surface area contributed by atoms with Gasteiger partial charge in [0, 0.05) is 55.2 Å². The number of aromatic nitrogens is 6. The maximum Gasteiger partial charge on any atom is 0.227 e. The van der Waals surface area contributed by atoms with Crippen LogP contribution in [0.4, 0.5) is 0 Å². The van der Waals surface area contributed by atoms with Gasteiger partial charge in [-0.3, -0.25) is 0 Å². The van der Waals surface area contributed by atoms with Crippen molar-refractivity contribution in [3.63, 3.8) is 0 Å². The van der Waals surface area contributed by atoms with Gasteiger partial charge < -0.3 is 13.6 Å². The van der Waals surface area contributed by atoms with Gasteiger partial charge in [0.25, 0.3) is 0 Å². The summed E-state index contributed by atoms with van der Waals surface area (Å²) in [6.07, 6.45) is 0. The normalized spacial score (nSPS) is 11.7. The molecule has 0 aliphatic carbocycles. The van der Waals surface area contributed by atoms with E-state index in [9.17, 15) is 0 Å². The van der Waals surface area contributed by atoms with E-state index < -0.39 is 0 Å². The number of fused-ring (bicyclic) bond motifs is 8. The van der Waals surface area contributed by atoms with Gasteiger partial charge in [-0.25, -0.2) is 19.9 Å². The molecular weight excluding hydrogens is 797 g/mol. The lowest BCUT2D eigenvalue weighted by Crippen LogP contribution is -2.02. The highest BCUT2D eigenvalue weighted by Gasteiger charge is 2.23. The Morgan fingerprint density at radius 3 is 1.49 bits per heavy atom. The summed E-state index contributed by atoms with van der Waals surface area (Å²) in [5.74, 6) is 2.18. The average Bonchev–Trinajstić information content (AvgIpc) is 4.08. The van der Waals surface area contributed by atoms with Crippen molar-refractivity contribution in [3.8, 4) is 68.1 Å². The number of oxazole rings is 1. The lowest BCUT2D eigenvalue weighted by Gasteiger charge is -2.14. The third kappa shape index (κ3) is 6.05. The molecule has 0 bridgehead atoms. The second-order valence-corrected chi connectivity index (χ2v) is 16.2. The molecule has 13 rings (SSSR count). The van der Waals surface area contributed by atoms with E-state index in [1.165, 1.54) is 32.7 Å². The number of nitrogens with zero attached hydrogens (tertiary/aromatic N) is 6. The quantitative estimate of drug-likeness (QED) is 0.160. The number of para-hydroxylation sites is 3. The number of rotatable bonds is 7. The first-order chi connectivity index (χ1) is 32.2. The molecule has 13 aromatic rings. The van der Waals surface area contributed by atoms with Gasteiger partial charge in [0.2, 0.25) is 5.89 Å². The molecule has 0 saturated heterocycles. The van der Waals surface area contributed by atoms with E-state index >= 15 is 0 Å². The van der Waals surface area contributed by atoms with E-state index in [0.717, 1.165) is 55.7 Å². The van der Waals surface area contributed by atoms with E-state index in [0.29, 0.717) is 34.5 Å². The molecule has 0 radical (unpaired) electrons. The van der Waals surface area contributed by atoms with Gasteiger partial charge in [0.1, 0.15) is 5.52 Å². The molecule has 7 heteroatoms. The molecule has 0 spiro atoms. The molecule has 7 nitrogen and oxygen atoms in total. The minimum Gasteiger partial charge on any atom is -0.436 e. The zero-order valence-electron chi connectivity index (χ0n) is 34.9. The van der Waals surface area contributed by atoms with Crippen LogP contribution in [0.5, 0.6) is 0 Å². The first-order valence-electron chi connectivity index (χ1n) is 21.7. The molecule has 0 N–H and O–H groups in total. The van der Waals surface area contributed by atoms with Crippen molar-refractivity contribution in [2.24, 2.45) is 0 Å².